The van der Waals surface area contributed by atoms with E-state index >= 15 is 0 Å². The SMILES string of the molecule is COc1cc2ncnc(Nc3ccc(Cl)c(Cl)c3C)c2cc1N1CC2(CN(C(=O)OC(C)(C)C)C2)OC1=O. The molecule has 10 nitrogen and oxygen atoms in total. The molecule has 0 atom stereocenters. The van der Waals surface area contributed by atoms with Crippen molar-refractivity contribution >= 4 is 63.5 Å². The molecule has 1 aromatic heterocycles. The lowest BCUT2D eigenvalue weighted by Gasteiger charge is -2.45. The third-order valence-corrected chi connectivity index (χ3v) is 7.30. The number of benzene rings is 2. The van der Waals surface area contributed by atoms with Crippen LogP contribution in [0.2, 0.25) is 10.0 Å². The number of fused-ring (bicyclic) bond motifs is 1. The minimum Gasteiger partial charge on any atom is -0.494 e. The largest absolute Gasteiger partial charge is 0.494 e. The molecule has 5 rings (SSSR count). The topological polar surface area (TPSA) is 106 Å². The zero-order valence-electron chi connectivity index (χ0n) is 21.6. The quantitative estimate of drug-likeness (QED) is 0.418. The monoisotopic (exact) mass is 559 g/mol. The van der Waals surface area contributed by atoms with E-state index in [1.807, 2.05) is 13.0 Å². The molecule has 1 spiro atoms. The number of hydrogen-bond acceptors (Lipinski definition) is 8. The number of rotatable bonds is 4. The van der Waals surface area contributed by atoms with E-state index in [1.165, 1.54) is 23.2 Å². The Morgan fingerprint density at radius 2 is 1.89 bits per heavy atom. The highest BCUT2D eigenvalue weighted by molar-refractivity contribution is 6.42. The van der Waals surface area contributed by atoms with Crippen LogP contribution in [-0.2, 0) is 9.47 Å². The lowest BCUT2D eigenvalue weighted by molar-refractivity contribution is -0.0779. The van der Waals surface area contributed by atoms with Crippen LogP contribution in [0, 0.1) is 6.92 Å². The van der Waals surface area contributed by atoms with E-state index < -0.39 is 23.4 Å². The van der Waals surface area contributed by atoms with Crippen molar-refractivity contribution in [2.75, 3.05) is 37.0 Å². The first kappa shape index (κ1) is 26.1. The molecule has 2 fully saturated rings. The van der Waals surface area contributed by atoms with Crippen LogP contribution in [0.25, 0.3) is 10.9 Å². The summed E-state index contributed by atoms with van der Waals surface area (Å²) in [5.41, 5.74) is 1.18. The van der Waals surface area contributed by atoms with Gasteiger partial charge in [-0.2, -0.15) is 0 Å². The Bertz CT molecular complexity index is 1450. The molecular weight excluding hydrogens is 533 g/mol. The van der Waals surface area contributed by atoms with Crippen molar-refractivity contribution in [3.05, 3.63) is 46.2 Å². The number of ether oxygens (including phenoxy) is 3. The second-order valence-electron chi connectivity index (χ2n) is 10.4. The van der Waals surface area contributed by atoms with Crippen molar-refractivity contribution in [3.63, 3.8) is 0 Å². The first-order valence-electron chi connectivity index (χ1n) is 11.9. The van der Waals surface area contributed by atoms with Gasteiger partial charge in [0.25, 0.3) is 0 Å². The minimum atomic E-state index is -0.820. The number of anilines is 3. The normalized spacial score (nSPS) is 16.4. The fraction of sp³-hybridized carbons (Fsp3) is 0.385. The van der Waals surface area contributed by atoms with Crippen LogP contribution in [0.15, 0.2) is 30.6 Å². The summed E-state index contributed by atoms with van der Waals surface area (Å²) in [7, 11) is 1.52. The predicted molar refractivity (Wildman–Crippen MR) is 145 cm³/mol. The van der Waals surface area contributed by atoms with E-state index in [9.17, 15) is 9.59 Å². The van der Waals surface area contributed by atoms with Crippen molar-refractivity contribution < 1.29 is 23.8 Å². The Hall–Kier alpha value is -3.50. The highest BCUT2D eigenvalue weighted by Crippen LogP contribution is 2.42. The van der Waals surface area contributed by atoms with E-state index in [2.05, 4.69) is 15.3 Å². The molecule has 0 saturated carbocycles. The van der Waals surface area contributed by atoms with E-state index in [4.69, 9.17) is 37.4 Å². The number of amides is 2. The maximum absolute atomic E-state index is 13.0. The molecule has 38 heavy (non-hydrogen) atoms. The Labute approximate surface area is 229 Å². The van der Waals surface area contributed by atoms with Crippen molar-refractivity contribution in [2.24, 2.45) is 0 Å². The number of carbonyl (C=O) groups is 2. The first-order valence-corrected chi connectivity index (χ1v) is 12.7. The molecule has 200 valence electrons. The van der Waals surface area contributed by atoms with Gasteiger partial charge in [0, 0.05) is 17.1 Å². The Morgan fingerprint density at radius 1 is 1.16 bits per heavy atom. The molecule has 0 radical (unpaired) electrons. The lowest BCUT2D eigenvalue weighted by atomic mass is 9.94. The van der Waals surface area contributed by atoms with Gasteiger partial charge < -0.3 is 19.5 Å². The van der Waals surface area contributed by atoms with Gasteiger partial charge in [-0.05, 0) is 51.5 Å². The summed E-state index contributed by atoms with van der Waals surface area (Å²) in [6.07, 6.45) is 0.472. The number of likely N-dealkylation sites (tertiary alicyclic amines) is 1. The van der Waals surface area contributed by atoms with Crippen molar-refractivity contribution in [2.45, 2.75) is 38.9 Å². The zero-order chi connectivity index (χ0) is 27.4. The minimum absolute atomic E-state index is 0.243. The summed E-state index contributed by atoms with van der Waals surface area (Å²) < 4.78 is 16.8. The molecule has 0 aliphatic carbocycles. The van der Waals surface area contributed by atoms with Crippen LogP contribution >= 0.6 is 23.2 Å². The average Bonchev–Trinajstić information content (AvgIpc) is 3.19. The lowest BCUT2D eigenvalue weighted by Crippen LogP contribution is -2.66. The van der Waals surface area contributed by atoms with E-state index in [1.54, 1.807) is 39.0 Å². The van der Waals surface area contributed by atoms with Gasteiger partial charge in [0.05, 0.1) is 48.0 Å². The Kier molecular flexibility index (Phi) is 6.43. The molecule has 2 aliphatic heterocycles. The van der Waals surface area contributed by atoms with E-state index in [0.29, 0.717) is 38.2 Å². The third kappa shape index (κ3) is 4.74. The van der Waals surface area contributed by atoms with E-state index in [-0.39, 0.29) is 19.6 Å². The third-order valence-electron chi connectivity index (χ3n) is 6.40. The summed E-state index contributed by atoms with van der Waals surface area (Å²) in [6.45, 7) is 8.00. The van der Waals surface area contributed by atoms with Gasteiger partial charge in [-0.25, -0.2) is 19.6 Å². The van der Waals surface area contributed by atoms with Crippen LogP contribution in [0.3, 0.4) is 0 Å². The van der Waals surface area contributed by atoms with Gasteiger partial charge in [-0.3, -0.25) is 9.80 Å². The van der Waals surface area contributed by atoms with Gasteiger partial charge in [0.2, 0.25) is 0 Å². The predicted octanol–water partition coefficient (Wildman–Crippen LogP) is 5.94. The Morgan fingerprint density at radius 3 is 2.58 bits per heavy atom. The highest BCUT2D eigenvalue weighted by atomic mass is 35.5. The van der Waals surface area contributed by atoms with Gasteiger partial charge in [-0.15, -0.1) is 0 Å². The van der Waals surface area contributed by atoms with Gasteiger partial charge in [0.1, 0.15) is 23.5 Å². The molecule has 3 heterocycles. The first-order chi connectivity index (χ1) is 17.9. The average molecular weight is 560 g/mol. The number of halogens is 2. The second-order valence-corrected chi connectivity index (χ2v) is 11.2. The summed E-state index contributed by atoms with van der Waals surface area (Å²) in [5, 5.41) is 4.86. The number of carbonyl (C=O) groups excluding carboxylic acids is 2. The fourth-order valence-corrected chi connectivity index (χ4v) is 4.91. The van der Waals surface area contributed by atoms with Gasteiger partial charge >= 0.3 is 12.2 Å². The molecule has 0 unspecified atom stereocenters. The molecule has 2 amide bonds. The maximum atomic E-state index is 13.0. The van der Waals surface area contributed by atoms with Crippen LogP contribution in [-0.4, -0.2) is 65.0 Å². The standard InChI is InChI=1S/C26H27Cl2N5O5/c1-14-17(7-6-16(27)21(14)28)31-22-15-8-19(20(36-5)9-18(15)29-13-30-22)33-12-26(38-24(33)35)10-32(11-26)23(34)37-25(2,3)4/h6-9,13H,10-12H2,1-5H3,(H,29,30,31). The molecule has 2 saturated heterocycles. The number of nitrogens with zero attached hydrogens (tertiary/aromatic N) is 4. The fourth-order valence-electron chi connectivity index (χ4n) is 4.54. The molecular formula is C26H27Cl2N5O5. The summed E-state index contributed by atoms with van der Waals surface area (Å²) in [5.74, 6) is 0.965. The molecule has 2 aromatic carbocycles. The molecule has 2 aliphatic rings. The number of nitrogens with one attached hydrogen (secondary N) is 1. The number of aromatic nitrogens is 2. The van der Waals surface area contributed by atoms with Crippen LogP contribution in [0.4, 0.5) is 26.8 Å². The van der Waals surface area contributed by atoms with Crippen molar-refractivity contribution in [3.8, 4) is 5.75 Å². The van der Waals surface area contributed by atoms with Crippen molar-refractivity contribution in [1.29, 1.82) is 0 Å². The van der Waals surface area contributed by atoms with Crippen molar-refractivity contribution in [1.82, 2.24) is 14.9 Å². The summed E-state index contributed by atoms with van der Waals surface area (Å²) in [4.78, 5) is 37.3. The molecule has 0 bridgehead atoms. The highest BCUT2D eigenvalue weighted by Gasteiger charge is 2.56. The summed E-state index contributed by atoms with van der Waals surface area (Å²) >= 11 is 12.5. The zero-order valence-corrected chi connectivity index (χ0v) is 23.1. The molecule has 3 aromatic rings. The second kappa shape index (κ2) is 9.36. The Balaban J connectivity index is 1.44. The maximum Gasteiger partial charge on any atom is 0.415 e. The van der Waals surface area contributed by atoms with Gasteiger partial charge in [-0.1, -0.05) is 23.2 Å². The molecule has 1 N–H and O–H groups in total. The van der Waals surface area contributed by atoms with Crippen LogP contribution in [0.1, 0.15) is 26.3 Å². The van der Waals surface area contributed by atoms with Crippen LogP contribution in [0.5, 0.6) is 5.75 Å². The van der Waals surface area contributed by atoms with Gasteiger partial charge in [0.15, 0.2) is 5.60 Å². The summed E-state index contributed by atoms with van der Waals surface area (Å²) in [6, 6.07) is 7.05. The van der Waals surface area contributed by atoms with Crippen LogP contribution < -0.4 is 15.0 Å². The smallest absolute Gasteiger partial charge is 0.415 e. The van der Waals surface area contributed by atoms with E-state index in [0.717, 1.165) is 11.3 Å². The number of hydrogen-bond donors (Lipinski definition) is 1. The number of methoxy groups -OCH3 is 1. The molecule has 12 heteroatoms.